The van der Waals surface area contributed by atoms with Crippen molar-refractivity contribution >= 4 is 12.3 Å². The number of hydrogen-bond donors (Lipinski definition) is 1. The molecule has 1 fully saturated rings. The van der Waals surface area contributed by atoms with Gasteiger partial charge >= 0.3 is 5.97 Å². The van der Waals surface area contributed by atoms with Crippen LogP contribution in [0.1, 0.15) is 19.3 Å². The number of aliphatic hydroxyl groups is 1. The van der Waals surface area contributed by atoms with Crippen LogP contribution in [0.15, 0.2) is 0 Å². The van der Waals surface area contributed by atoms with Gasteiger partial charge in [0.2, 0.25) is 0 Å². The number of aldehydes is 1. The Bertz CT molecular complexity index is 165. The number of hydrogen-bond acceptors (Lipinski definition) is 4. The predicted molar refractivity (Wildman–Crippen MR) is 31.0 cm³/mol. The highest BCUT2D eigenvalue weighted by Crippen LogP contribution is 2.20. The zero-order valence-electron chi connectivity index (χ0n) is 5.37. The van der Waals surface area contributed by atoms with Crippen LogP contribution in [0.25, 0.3) is 0 Å². The molecular formula is C6H8O4. The highest BCUT2D eigenvalue weighted by molar-refractivity contribution is 5.75. The van der Waals surface area contributed by atoms with Crippen LogP contribution < -0.4 is 0 Å². The Morgan fingerprint density at radius 2 is 2.40 bits per heavy atom. The van der Waals surface area contributed by atoms with Gasteiger partial charge in [0.25, 0.3) is 5.79 Å². The minimum atomic E-state index is -1.84. The lowest BCUT2D eigenvalue weighted by molar-refractivity contribution is -0.212. The van der Waals surface area contributed by atoms with Gasteiger partial charge in [0.15, 0.2) is 6.29 Å². The van der Waals surface area contributed by atoms with Crippen molar-refractivity contribution in [2.75, 3.05) is 0 Å². The van der Waals surface area contributed by atoms with Crippen LogP contribution in [-0.2, 0) is 14.3 Å². The summed E-state index contributed by atoms with van der Waals surface area (Å²) in [5.41, 5.74) is 0. The lowest BCUT2D eigenvalue weighted by Gasteiger charge is -2.25. The Morgan fingerprint density at radius 1 is 1.70 bits per heavy atom. The number of carbonyl (C=O) groups is 2. The summed E-state index contributed by atoms with van der Waals surface area (Å²) in [6.07, 6.45) is 1.26. The first kappa shape index (κ1) is 7.21. The van der Waals surface area contributed by atoms with E-state index in [-0.39, 0.29) is 19.1 Å². The fraction of sp³-hybridized carbons (Fsp3) is 0.667. The molecule has 56 valence electrons. The largest absolute Gasteiger partial charge is 0.426 e. The Morgan fingerprint density at radius 3 is 2.80 bits per heavy atom. The van der Waals surface area contributed by atoms with E-state index in [9.17, 15) is 9.59 Å². The van der Waals surface area contributed by atoms with Gasteiger partial charge in [-0.2, -0.15) is 0 Å². The molecule has 1 saturated heterocycles. The van der Waals surface area contributed by atoms with Crippen molar-refractivity contribution in [3.8, 4) is 0 Å². The van der Waals surface area contributed by atoms with Gasteiger partial charge in [-0.05, 0) is 6.42 Å². The molecule has 1 rings (SSSR count). The predicted octanol–water partition coefficient (Wildman–Crippen LogP) is -0.399. The van der Waals surface area contributed by atoms with E-state index in [2.05, 4.69) is 4.74 Å². The van der Waals surface area contributed by atoms with Gasteiger partial charge in [-0.25, -0.2) is 0 Å². The minimum Gasteiger partial charge on any atom is -0.426 e. The molecule has 0 aromatic rings. The summed E-state index contributed by atoms with van der Waals surface area (Å²) in [5.74, 6) is -2.35. The lowest BCUT2D eigenvalue weighted by Crippen LogP contribution is -2.39. The molecule has 1 aliphatic heterocycles. The second kappa shape index (κ2) is 2.38. The van der Waals surface area contributed by atoms with Gasteiger partial charge in [-0.1, -0.05) is 0 Å². The normalized spacial score (nSPS) is 33.1. The highest BCUT2D eigenvalue weighted by Gasteiger charge is 2.34. The third-order valence-electron chi connectivity index (χ3n) is 1.39. The molecular weight excluding hydrogens is 136 g/mol. The number of carbonyl (C=O) groups excluding carboxylic acids is 2. The molecule has 1 unspecified atom stereocenters. The molecule has 0 bridgehead atoms. The maximum Gasteiger partial charge on any atom is 0.308 e. The van der Waals surface area contributed by atoms with Crippen LogP contribution in [0.3, 0.4) is 0 Å². The van der Waals surface area contributed by atoms with Crippen LogP contribution in [-0.4, -0.2) is 23.1 Å². The molecule has 1 heterocycles. The summed E-state index contributed by atoms with van der Waals surface area (Å²) in [6.45, 7) is 0. The molecule has 1 aliphatic rings. The Labute approximate surface area is 57.8 Å². The number of rotatable bonds is 1. The topological polar surface area (TPSA) is 63.6 Å². The maximum atomic E-state index is 10.5. The molecule has 4 heteroatoms. The third-order valence-corrected chi connectivity index (χ3v) is 1.39. The molecule has 0 spiro atoms. The fourth-order valence-corrected chi connectivity index (χ4v) is 0.868. The number of cyclic esters (lactones) is 1. The minimum absolute atomic E-state index is 0.211. The van der Waals surface area contributed by atoms with E-state index in [1.165, 1.54) is 0 Å². The maximum absolute atomic E-state index is 10.5. The fourth-order valence-electron chi connectivity index (χ4n) is 0.868. The van der Waals surface area contributed by atoms with Crippen molar-refractivity contribution in [3.63, 3.8) is 0 Å². The molecule has 0 radical (unpaired) electrons. The van der Waals surface area contributed by atoms with E-state index >= 15 is 0 Å². The number of ether oxygens (including phenoxy) is 1. The number of esters is 1. The van der Waals surface area contributed by atoms with E-state index < -0.39 is 11.8 Å². The standard InChI is InChI=1S/C6H8O4/c7-4-6(9)3-1-2-5(8)10-6/h4,9H,1-3H2. The van der Waals surface area contributed by atoms with Gasteiger partial charge in [0.05, 0.1) is 0 Å². The van der Waals surface area contributed by atoms with E-state index in [4.69, 9.17) is 5.11 Å². The van der Waals surface area contributed by atoms with E-state index in [0.29, 0.717) is 6.42 Å². The van der Waals surface area contributed by atoms with Gasteiger partial charge < -0.3 is 9.84 Å². The first-order valence-corrected chi connectivity index (χ1v) is 3.07. The summed E-state index contributed by atoms with van der Waals surface area (Å²) in [7, 11) is 0. The van der Waals surface area contributed by atoms with E-state index in [0.717, 1.165) is 0 Å². The van der Waals surface area contributed by atoms with Crippen molar-refractivity contribution < 1.29 is 19.4 Å². The van der Waals surface area contributed by atoms with Crippen molar-refractivity contribution in [1.29, 1.82) is 0 Å². The van der Waals surface area contributed by atoms with E-state index in [1.54, 1.807) is 0 Å². The van der Waals surface area contributed by atoms with Crippen LogP contribution in [0.5, 0.6) is 0 Å². The van der Waals surface area contributed by atoms with Crippen LogP contribution in [0, 0.1) is 0 Å². The Hall–Kier alpha value is -0.900. The zero-order valence-corrected chi connectivity index (χ0v) is 5.37. The summed E-state index contributed by atoms with van der Waals surface area (Å²) in [5, 5.41) is 9.04. The first-order valence-electron chi connectivity index (χ1n) is 3.07. The smallest absolute Gasteiger partial charge is 0.308 e. The van der Waals surface area contributed by atoms with Crippen molar-refractivity contribution in [2.24, 2.45) is 0 Å². The highest BCUT2D eigenvalue weighted by atomic mass is 16.7. The van der Waals surface area contributed by atoms with Crippen LogP contribution >= 0.6 is 0 Å². The molecule has 0 aliphatic carbocycles. The SMILES string of the molecule is O=CC1(O)CCCC(=O)O1. The van der Waals surface area contributed by atoms with Crippen molar-refractivity contribution in [2.45, 2.75) is 25.0 Å². The molecule has 1 atom stereocenters. The average Bonchev–Trinajstić information content (AvgIpc) is 1.88. The van der Waals surface area contributed by atoms with Gasteiger partial charge in [-0.15, -0.1) is 0 Å². The quantitative estimate of drug-likeness (QED) is 0.401. The first-order chi connectivity index (χ1) is 4.66. The Kier molecular flexibility index (Phi) is 1.72. The molecule has 0 aromatic carbocycles. The van der Waals surface area contributed by atoms with Gasteiger partial charge in [0.1, 0.15) is 0 Å². The summed E-state index contributed by atoms with van der Waals surface area (Å²) in [4.78, 5) is 20.6. The van der Waals surface area contributed by atoms with Gasteiger partial charge in [-0.3, -0.25) is 9.59 Å². The summed E-state index contributed by atoms with van der Waals surface area (Å²) < 4.78 is 4.37. The van der Waals surface area contributed by atoms with Crippen LogP contribution in [0.4, 0.5) is 0 Å². The summed E-state index contributed by atoms with van der Waals surface area (Å²) >= 11 is 0. The molecule has 0 saturated carbocycles. The molecule has 4 nitrogen and oxygen atoms in total. The van der Waals surface area contributed by atoms with Crippen LogP contribution in [0.2, 0.25) is 0 Å². The molecule has 0 amide bonds. The lowest BCUT2D eigenvalue weighted by atomic mass is 10.1. The average molecular weight is 144 g/mol. The van der Waals surface area contributed by atoms with Crippen molar-refractivity contribution in [1.82, 2.24) is 0 Å². The molecule has 10 heavy (non-hydrogen) atoms. The Balaban J connectivity index is 2.61. The second-order valence-electron chi connectivity index (χ2n) is 2.29. The van der Waals surface area contributed by atoms with Crippen molar-refractivity contribution in [3.05, 3.63) is 0 Å². The summed E-state index contributed by atoms with van der Waals surface area (Å²) in [6, 6.07) is 0. The molecule has 0 aromatic heterocycles. The second-order valence-corrected chi connectivity index (χ2v) is 2.29. The monoisotopic (exact) mass is 144 g/mol. The van der Waals surface area contributed by atoms with E-state index in [1.807, 2.05) is 0 Å². The molecule has 1 N–H and O–H groups in total. The van der Waals surface area contributed by atoms with Gasteiger partial charge in [0, 0.05) is 12.8 Å². The zero-order chi connectivity index (χ0) is 7.61. The third kappa shape index (κ3) is 1.33.